The quantitative estimate of drug-likeness (QED) is 0.198. The average molecular weight is 615 g/mol. The lowest BCUT2D eigenvalue weighted by molar-refractivity contribution is 0.540. The molecule has 0 aliphatic heterocycles. The van der Waals surface area contributed by atoms with E-state index in [1.54, 1.807) is 0 Å². The van der Waals surface area contributed by atoms with Gasteiger partial charge in [-0.2, -0.15) is 10.5 Å². The Kier molecular flexibility index (Phi) is 6.49. The number of allylic oxidation sites excluding steroid dienone is 5. The van der Waals surface area contributed by atoms with Gasteiger partial charge in [0.05, 0.1) is 34.8 Å². The molecule has 7 aromatic rings. The zero-order chi connectivity index (χ0) is 32.2. The molecule has 0 bridgehead atoms. The smallest absolute Gasteiger partial charge is 0.0992 e. The van der Waals surface area contributed by atoms with Gasteiger partial charge >= 0.3 is 0 Å². The van der Waals surface area contributed by atoms with Crippen LogP contribution in [0.1, 0.15) is 40.8 Å². The van der Waals surface area contributed by atoms with Gasteiger partial charge in [-0.15, -0.1) is 0 Å². The highest BCUT2D eigenvalue weighted by molar-refractivity contribution is 6.09. The van der Waals surface area contributed by atoms with Gasteiger partial charge in [-0.1, -0.05) is 103 Å². The van der Waals surface area contributed by atoms with E-state index in [9.17, 15) is 10.5 Å². The Hall–Kier alpha value is -6.36. The van der Waals surface area contributed by atoms with Gasteiger partial charge in [0.1, 0.15) is 0 Å². The molecule has 0 fully saturated rings. The zero-order valence-electron chi connectivity index (χ0n) is 26.2. The van der Waals surface area contributed by atoms with Gasteiger partial charge in [0.15, 0.2) is 0 Å². The monoisotopic (exact) mass is 614 g/mol. The average Bonchev–Trinajstić information content (AvgIpc) is 3.67. The van der Waals surface area contributed by atoms with Gasteiger partial charge in [-0.05, 0) is 72.0 Å². The number of benzene rings is 5. The largest absolute Gasteiger partial charge is 0.336 e. The van der Waals surface area contributed by atoms with E-state index in [0.29, 0.717) is 11.1 Å². The van der Waals surface area contributed by atoms with Crippen LogP contribution in [0, 0.1) is 22.7 Å². The Balaban J connectivity index is 1.18. The van der Waals surface area contributed by atoms with E-state index in [0.717, 1.165) is 51.5 Å². The zero-order valence-corrected chi connectivity index (χ0v) is 26.2. The lowest BCUT2D eigenvalue weighted by Gasteiger charge is -2.31. The predicted octanol–water partition coefficient (Wildman–Crippen LogP) is 10.6. The summed E-state index contributed by atoms with van der Waals surface area (Å²) >= 11 is 0. The number of rotatable bonds is 4. The molecule has 2 aliphatic carbocycles. The Morgan fingerprint density at radius 3 is 2.25 bits per heavy atom. The molecule has 2 atom stereocenters. The van der Waals surface area contributed by atoms with Gasteiger partial charge in [-0.3, -0.25) is 0 Å². The van der Waals surface area contributed by atoms with Crippen LogP contribution in [0.2, 0.25) is 0 Å². The fraction of sp³-hybridized carbons (Fsp3) is 0.0909. The van der Waals surface area contributed by atoms with E-state index in [4.69, 9.17) is 0 Å². The molecule has 5 aromatic carbocycles. The van der Waals surface area contributed by atoms with Gasteiger partial charge in [0.25, 0.3) is 0 Å². The Morgan fingerprint density at radius 2 is 1.42 bits per heavy atom. The van der Waals surface area contributed by atoms with Crippen LogP contribution < -0.4 is 0 Å². The second-order valence-electron chi connectivity index (χ2n) is 12.6. The third kappa shape index (κ3) is 4.28. The number of aromatic nitrogens is 2. The summed E-state index contributed by atoms with van der Waals surface area (Å²) in [5.74, 6) is -0.0342. The van der Waals surface area contributed by atoms with Crippen LogP contribution in [-0.2, 0) is 6.42 Å². The summed E-state index contributed by atoms with van der Waals surface area (Å²) in [5, 5.41) is 23.3. The molecule has 9 rings (SSSR count). The van der Waals surface area contributed by atoms with Crippen molar-refractivity contribution in [3.8, 4) is 29.0 Å². The maximum absolute atomic E-state index is 10.0. The number of nitrogens with zero attached hydrogens (tertiary/aromatic N) is 4. The Bertz CT molecular complexity index is 2590. The first-order chi connectivity index (χ1) is 23.7. The standard InChI is InChI=1S/C44H30N4/c45-27-29-18-24-43(48-41-15-7-4-11-35(41)36-12-5-8-16-42(36)48)39(25-29)34-10-2-1-9-33(34)31-19-21-32(22-20-31)47-40-14-6-3-13-37(40)38-23-17-30(28-46)26-44(38)47/h1-7,9-15,17-26,39,43H,8,16H2. The highest BCUT2D eigenvalue weighted by Crippen LogP contribution is 2.45. The first-order valence-corrected chi connectivity index (χ1v) is 16.4. The second kappa shape index (κ2) is 11.2. The first-order valence-electron chi connectivity index (χ1n) is 16.4. The van der Waals surface area contributed by atoms with E-state index in [1.807, 2.05) is 18.2 Å². The van der Waals surface area contributed by atoms with Crippen molar-refractivity contribution in [3.63, 3.8) is 0 Å². The van der Waals surface area contributed by atoms with Crippen LogP contribution in [0.25, 0.3) is 55.6 Å². The van der Waals surface area contributed by atoms with Gasteiger partial charge in [0.2, 0.25) is 0 Å². The summed E-state index contributed by atoms with van der Waals surface area (Å²) in [6.45, 7) is 0. The Morgan fingerprint density at radius 1 is 0.667 bits per heavy atom. The molecule has 2 aromatic heterocycles. The highest BCUT2D eigenvalue weighted by atomic mass is 15.0. The minimum atomic E-state index is -0.0342. The topological polar surface area (TPSA) is 57.4 Å². The molecule has 0 amide bonds. The van der Waals surface area contributed by atoms with E-state index in [1.165, 1.54) is 27.7 Å². The molecule has 0 saturated heterocycles. The normalized spacial score (nSPS) is 16.9. The summed E-state index contributed by atoms with van der Waals surface area (Å²) in [4.78, 5) is 0. The SMILES string of the molecule is N#CC1=CC(c2ccccc2-c2ccc(-n3c4ccccc4c4ccc(C#N)cc43)cc2)C(n2c3c(c4ccccc42)C=CCC3)C=C1. The maximum atomic E-state index is 10.0. The molecule has 4 heteroatoms. The minimum Gasteiger partial charge on any atom is -0.336 e. The number of hydrogen-bond acceptors (Lipinski definition) is 2. The molecule has 2 unspecified atom stereocenters. The molecule has 0 radical (unpaired) electrons. The van der Waals surface area contributed by atoms with Crippen LogP contribution in [0.4, 0.5) is 0 Å². The van der Waals surface area contributed by atoms with E-state index in [-0.39, 0.29) is 12.0 Å². The number of fused-ring (bicyclic) bond motifs is 6. The van der Waals surface area contributed by atoms with Crippen molar-refractivity contribution in [2.75, 3.05) is 0 Å². The van der Waals surface area contributed by atoms with E-state index >= 15 is 0 Å². The molecule has 0 N–H and O–H groups in total. The Labute approximate surface area is 279 Å². The summed E-state index contributed by atoms with van der Waals surface area (Å²) in [5.41, 5.74) is 11.9. The van der Waals surface area contributed by atoms with Crippen LogP contribution in [-0.4, -0.2) is 9.13 Å². The van der Waals surface area contributed by atoms with Gasteiger partial charge in [-0.25, -0.2) is 0 Å². The van der Waals surface area contributed by atoms with Crippen LogP contribution in [0.3, 0.4) is 0 Å². The van der Waals surface area contributed by atoms with E-state index in [2.05, 4.69) is 149 Å². The van der Waals surface area contributed by atoms with Gasteiger partial charge in [0, 0.05) is 50.1 Å². The number of hydrogen-bond donors (Lipinski definition) is 0. The molecule has 0 saturated carbocycles. The van der Waals surface area contributed by atoms with Crippen molar-refractivity contribution >= 4 is 38.8 Å². The van der Waals surface area contributed by atoms with Gasteiger partial charge < -0.3 is 9.13 Å². The molecule has 0 spiro atoms. The van der Waals surface area contributed by atoms with Crippen LogP contribution in [0.5, 0.6) is 0 Å². The molecule has 226 valence electrons. The van der Waals surface area contributed by atoms with Crippen molar-refractivity contribution in [2.45, 2.75) is 24.8 Å². The molecule has 4 nitrogen and oxygen atoms in total. The fourth-order valence-corrected chi connectivity index (χ4v) is 7.97. The second-order valence-corrected chi connectivity index (χ2v) is 12.6. The first kappa shape index (κ1) is 27.9. The lowest BCUT2D eigenvalue weighted by atomic mass is 9.81. The molecular formula is C44H30N4. The fourth-order valence-electron chi connectivity index (χ4n) is 7.97. The predicted molar refractivity (Wildman–Crippen MR) is 195 cm³/mol. The highest BCUT2D eigenvalue weighted by Gasteiger charge is 2.30. The molecule has 48 heavy (non-hydrogen) atoms. The maximum Gasteiger partial charge on any atom is 0.0992 e. The minimum absolute atomic E-state index is 0.0228. The summed E-state index contributed by atoms with van der Waals surface area (Å²) in [6, 6.07) is 45.2. The van der Waals surface area contributed by atoms with Crippen molar-refractivity contribution < 1.29 is 0 Å². The van der Waals surface area contributed by atoms with Crippen LogP contribution >= 0.6 is 0 Å². The van der Waals surface area contributed by atoms with Crippen molar-refractivity contribution in [3.05, 3.63) is 168 Å². The van der Waals surface area contributed by atoms with E-state index < -0.39 is 0 Å². The lowest BCUT2D eigenvalue weighted by Crippen LogP contribution is -2.20. The van der Waals surface area contributed by atoms with Crippen molar-refractivity contribution in [2.24, 2.45) is 0 Å². The molecular weight excluding hydrogens is 585 g/mol. The molecule has 2 heterocycles. The van der Waals surface area contributed by atoms with Crippen molar-refractivity contribution in [1.29, 1.82) is 10.5 Å². The summed E-state index contributed by atoms with van der Waals surface area (Å²) in [6.07, 6.45) is 13.0. The third-order valence-electron chi connectivity index (χ3n) is 10.1. The number of nitriles is 2. The van der Waals surface area contributed by atoms with Crippen molar-refractivity contribution in [1.82, 2.24) is 9.13 Å². The van der Waals surface area contributed by atoms with Crippen LogP contribution in [0.15, 0.2) is 145 Å². The molecule has 2 aliphatic rings. The third-order valence-corrected chi connectivity index (χ3v) is 10.1. The summed E-state index contributed by atoms with van der Waals surface area (Å²) in [7, 11) is 0. The summed E-state index contributed by atoms with van der Waals surface area (Å²) < 4.78 is 4.78. The number of para-hydroxylation sites is 2.